The van der Waals surface area contributed by atoms with E-state index in [1.54, 1.807) is 0 Å². The zero-order valence-electron chi connectivity index (χ0n) is 12.2. The van der Waals surface area contributed by atoms with Crippen LogP contribution >= 0.6 is 25.3 Å². The van der Waals surface area contributed by atoms with E-state index >= 15 is 0 Å². The van der Waals surface area contributed by atoms with Crippen LogP contribution in [0.3, 0.4) is 0 Å². The van der Waals surface area contributed by atoms with Crippen LogP contribution < -0.4 is 5.32 Å². The Bertz CT molecular complexity index is 204. The second kappa shape index (κ2) is 7.27. The van der Waals surface area contributed by atoms with Gasteiger partial charge < -0.3 is 5.32 Å². The molecule has 0 saturated heterocycles. The summed E-state index contributed by atoms with van der Waals surface area (Å²) in [6.45, 7) is 17.1. The van der Waals surface area contributed by atoms with Crippen molar-refractivity contribution in [3.8, 4) is 0 Å². The fourth-order valence-electron chi connectivity index (χ4n) is 1.63. The molecule has 0 aliphatic heterocycles. The molecule has 0 aliphatic rings. The van der Waals surface area contributed by atoms with Crippen molar-refractivity contribution in [2.24, 2.45) is 0 Å². The zero-order valence-corrected chi connectivity index (χ0v) is 14.0. The van der Waals surface area contributed by atoms with E-state index in [9.17, 15) is 0 Å². The molecule has 0 aromatic carbocycles. The van der Waals surface area contributed by atoms with E-state index in [1.807, 2.05) is 0 Å². The number of rotatable bonds is 8. The second-order valence-corrected chi connectivity index (χ2v) is 8.79. The summed E-state index contributed by atoms with van der Waals surface area (Å²) in [6.07, 6.45) is 0. The highest BCUT2D eigenvalue weighted by molar-refractivity contribution is 7.82. The van der Waals surface area contributed by atoms with Crippen LogP contribution in [0.15, 0.2) is 0 Å². The topological polar surface area (TPSA) is 15.3 Å². The van der Waals surface area contributed by atoms with Gasteiger partial charge in [-0.2, -0.15) is 25.3 Å². The van der Waals surface area contributed by atoms with E-state index in [4.69, 9.17) is 0 Å². The van der Waals surface area contributed by atoms with Crippen molar-refractivity contribution in [1.82, 2.24) is 10.2 Å². The molecule has 0 bridgehead atoms. The van der Waals surface area contributed by atoms with Gasteiger partial charge in [0.2, 0.25) is 0 Å². The van der Waals surface area contributed by atoms with Crippen molar-refractivity contribution in [3.05, 3.63) is 0 Å². The van der Waals surface area contributed by atoms with Crippen molar-refractivity contribution in [2.75, 3.05) is 26.2 Å². The lowest BCUT2D eigenvalue weighted by Gasteiger charge is -2.32. The van der Waals surface area contributed by atoms with Gasteiger partial charge in [-0.25, -0.2) is 0 Å². The molecule has 0 rings (SSSR count). The summed E-state index contributed by atoms with van der Waals surface area (Å²) in [5, 5.41) is 3.45. The van der Waals surface area contributed by atoms with Crippen molar-refractivity contribution in [3.63, 3.8) is 0 Å². The molecule has 0 aromatic rings. The molecule has 0 saturated carbocycles. The van der Waals surface area contributed by atoms with Gasteiger partial charge in [0.1, 0.15) is 0 Å². The highest BCUT2D eigenvalue weighted by atomic mass is 32.1. The summed E-state index contributed by atoms with van der Waals surface area (Å²) in [4.78, 5) is 2.46. The summed E-state index contributed by atoms with van der Waals surface area (Å²) >= 11 is 9.11. The molecule has 0 aromatic heterocycles. The predicted octanol–water partition coefficient (Wildman–Crippen LogP) is 2.70. The molecule has 0 amide bonds. The Morgan fingerprint density at radius 3 is 1.94 bits per heavy atom. The van der Waals surface area contributed by atoms with Gasteiger partial charge in [0.25, 0.3) is 0 Å². The monoisotopic (exact) mass is 278 g/mol. The molecule has 104 valence electrons. The number of nitrogens with zero attached hydrogens (tertiary/aromatic N) is 1. The molecule has 0 unspecified atom stereocenters. The Kier molecular flexibility index (Phi) is 7.53. The van der Waals surface area contributed by atoms with Crippen LogP contribution in [-0.2, 0) is 0 Å². The molecule has 17 heavy (non-hydrogen) atoms. The largest absolute Gasteiger partial charge is 0.314 e. The van der Waals surface area contributed by atoms with Crippen molar-refractivity contribution in [2.45, 2.75) is 57.1 Å². The summed E-state index contributed by atoms with van der Waals surface area (Å²) in [7, 11) is 0. The Balaban J connectivity index is 3.95. The van der Waals surface area contributed by atoms with Crippen LogP contribution in [0.4, 0.5) is 0 Å². The minimum Gasteiger partial charge on any atom is -0.314 e. The van der Waals surface area contributed by atoms with E-state index < -0.39 is 0 Å². The maximum absolute atomic E-state index is 4.61. The molecule has 0 radical (unpaired) electrons. The first-order valence-corrected chi connectivity index (χ1v) is 7.30. The molecule has 2 nitrogen and oxygen atoms in total. The van der Waals surface area contributed by atoms with Crippen LogP contribution in [0, 0.1) is 0 Å². The van der Waals surface area contributed by atoms with Crippen molar-refractivity contribution >= 4 is 25.3 Å². The van der Waals surface area contributed by atoms with E-state index in [0.29, 0.717) is 6.04 Å². The van der Waals surface area contributed by atoms with Crippen LogP contribution in [-0.4, -0.2) is 46.6 Å². The lowest BCUT2D eigenvalue weighted by atomic mass is 10.1. The van der Waals surface area contributed by atoms with Gasteiger partial charge in [-0.15, -0.1) is 0 Å². The summed E-state index contributed by atoms with van der Waals surface area (Å²) in [5.74, 6) is 0. The van der Waals surface area contributed by atoms with Gasteiger partial charge in [-0.1, -0.05) is 0 Å². The van der Waals surface area contributed by atoms with Gasteiger partial charge in [0.15, 0.2) is 0 Å². The molecule has 4 heteroatoms. The Hall–Kier alpha value is 0.620. The van der Waals surface area contributed by atoms with Gasteiger partial charge >= 0.3 is 0 Å². The standard InChI is InChI=1S/C13H30N2S2/c1-11(2)15(10-13(5,6)17)8-7-14-9-12(3,4)16/h11,14,16-17H,7-10H2,1-6H3. The highest BCUT2D eigenvalue weighted by Crippen LogP contribution is 2.15. The normalized spacial score (nSPS) is 13.8. The van der Waals surface area contributed by atoms with Crippen LogP contribution in [0.5, 0.6) is 0 Å². The first kappa shape index (κ1) is 17.6. The molecule has 0 spiro atoms. The summed E-state index contributed by atoms with van der Waals surface area (Å²) < 4.78 is 0.124. The quantitative estimate of drug-likeness (QED) is 0.467. The van der Waals surface area contributed by atoms with E-state index in [0.717, 1.165) is 26.2 Å². The molecular formula is C13H30N2S2. The molecule has 0 fully saturated rings. The molecule has 1 N–H and O–H groups in total. The SMILES string of the molecule is CC(C)N(CCNCC(C)(C)S)CC(C)(C)S. The fourth-order valence-corrected chi connectivity index (χ4v) is 1.93. The van der Waals surface area contributed by atoms with Crippen LogP contribution in [0.25, 0.3) is 0 Å². The number of hydrogen-bond acceptors (Lipinski definition) is 4. The maximum Gasteiger partial charge on any atom is 0.0200 e. The third-order valence-corrected chi connectivity index (χ3v) is 2.75. The van der Waals surface area contributed by atoms with E-state index in [2.05, 4.69) is 77.0 Å². The smallest absolute Gasteiger partial charge is 0.0200 e. The lowest BCUT2D eigenvalue weighted by molar-refractivity contribution is 0.207. The Morgan fingerprint density at radius 1 is 1.06 bits per heavy atom. The average molecular weight is 279 g/mol. The summed E-state index contributed by atoms with van der Waals surface area (Å²) in [6, 6.07) is 0.562. The third kappa shape index (κ3) is 11.4. The lowest BCUT2D eigenvalue weighted by Crippen LogP contribution is -2.44. The number of nitrogens with one attached hydrogen (secondary N) is 1. The van der Waals surface area contributed by atoms with E-state index in [-0.39, 0.29) is 9.49 Å². The second-order valence-electron chi connectivity index (χ2n) is 6.37. The average Bonchev–Trinajstić information content (AvgIpc) is 2.06. The highest BCUT2D eigenvalue weighted by Gasteiger charge is 2.19. The Labute approximate surface area is 119 Å². The first-order chi connectivity index (χ1) is 7.51. The van der Waals surface area contributed by atoms with Crippen molar-refractivity contribution < 1.29 is 0 Å². The third-order valence-electron chi connectivity index (χ3n) is 2.45. The summed E-state index contributed by atoms with van der Waals surface area (Å²) in [5.41, 5.74) is 0. The van der Waals surface area contributed by atoms with Crippen LogP contribution in [0.2, 0.25) is 0 Å². The van der Waals surface area contributed by atoms with Gasteiger partial charge in [-0.3, -0.25) is 4.90 Å². The van der Waals surface area contributed by atoms with Gasteiger partial charge in [0.05, 0.1) is 0 Å². The molecule has 0 heterocycles. The molecular weight excluding hydrogens is 248 g/mol. The van der Waals surface area contributed by atoms with E-state index in [1.165, 1.54) is 0 Å². The zero-order chi connectivity index (χ0) is 13.7. The number of hydrogen-bond donors (Lipinski definition) is 3. The van der Waals surface area contributed by atoms with Gasteiger partial charge in [0, 0.05) is 41.7 Å². The molecule has 0 aliphatic carbocycles. The van der Waals surface area contributed by atoms with Crippen LogP contribution in [0.1, 0.15) is 41.5 Å². The minimum atomic E-state index is 0.0610. The van der Waals surface area contributed by atoms with Crippen molar-refractivity contribution in [1.29, 1.82) is 0 Å². The number of thiol groups is 2. The fraction of sp³-hybridized carbons (Fsp3) is 1.00. The maximum atomic E-state index is 4.61. The Morgan fingerprint density at radius 2 is 1.59 bits per heavy atom. The molecule has 0 atom stereocenters. The minimum absolute atomic E-state index is 0.0610. The predicted molar refractivity (Wildman–Crippen MR) is 85.7 cm³/mol. The first-order valence-electron chi connectivity index (χ1n) is 6.41. The van der Waals surface area contributed by atoms with Gasteiger partial charge in [-0.05, 0) is 41.5 Å².